The summed E-state index contributed by atoms with van der Waals surface area (Å²) in [5, 5.41) is 4.77. The fourth-order valence-electron chi connectivity index (χ4n) is 3.63. The van der Waals surface area contributed by atoms with E-state index in [9.17, 15) is 25.6 Å². The van der Waals surface area contributed by atoms with E-state index in [0.717, 1.165) is 24.5 Å². The number of sulfonamides is 2. The lowest BCUT2D eigenvalue weighted by atomic mass is 10.1. The number of benzene rings is 1. The summed E-state index contributed by atoms with van der Waals surface area (Å²) in [5.41, 5.74) is 0.769. The first-order valence-corrected chi connectivity index (χ1v) is 14.0. The van der Waals surface area contributed by atoms with Crippen molar-refractivity contribution in [1.82, 2.24) is 14.3 Å². The average Bonchev–Trinajstić information content (AvgIpc) is 2.80. The monoisotopic (exact) mass is 540 g/mol. The smallest absolute Gasteiger partial charge is 0.255 e. The molecule has 1 aliphatic rings. The van der Waals surface area contributed by atoms with Gasteiger partial charge in [0.1, 0.15) is 17.6 Å². The maximum atomic E-state index is 13.6. The molecule has 0 radical (unpaired) electrons. The molecule has 14 heteroatoms. The van der Waals surface area contributed by atoms with Crippen molar-refractivity contribution in [3.05, 3.63) is 60.4 Å². The Bertz CT molecular complexity index is 1490. The van der Waals surface area contributed by atoms with Gasteiger partial charge in [-0.25, -0.2) is 35.1 Å². The van der Waals surface area contributed by atoms with Gasteiger partial charge >= 0.3 is 0 Å². The quantitative estimate of drug-likeness (QED) is 0.482. The van der Waals surface area contributed by atoms with E-state index in [1.807, 2.05) is 0 Å². The van der Waals surface area contributed by atoms with Crippen LogP contribution in [-0.2, 0) is 20.0 Å². The van der Waals surface area contributed by atoms with E-state index in [2.05, 4.69) is 9.97 Å². The number of hydrogen-bond acceptors (Lipinski definition) is 8. The Hall–Kier alpha value is -3.20. The van der Waals surface area contributed by atoms with Crippen LogP contribution in [0.4, 0.5) is 8.78 Å². The van der Waals surface area contributed by atoms with Crippen molar-refractivity contribution in [1.29, 1.82) is 0 Å². The lowest BCUT2D eigenvalue weighted by Gasteiger charge is -2.30. The minimum Gasteiger partial charge on any atom is -0.490 e. The molecule has 10 nitrogen and oxygen atoms in total. The van der Waals surface area contributed by atoms with Gasteiger partial charge in [0.25, 0.3) is 10.0 Å². The molecule has 0 saturated carbocycles. The molecular weight excluding hydrogens is 518 g/mol. The Morgan fingerprint density at radius 1 is 0.944 bits per heavy atom. The van der Waals surface area contributed by atoms with E-state index in [0.29, 0.717) is 24.0 Å². The molecule has 2 N–H and O–H groups in total. The summed E-state index contributed by atoms with van der Waals surface area (Å²) in [7, 11) is -7.53. The third-order valence-corrected chi connectivity index (χ3v) is 7.50. The highest BCUT2D eigenvalue weighted by atomic mass is 32.2. The number of ether oxygens (including phenoxy) is 2. The van der Waals surface area contributed by atoms with E-state index < -0.39 is 36.7 Å². The molecule has 0 amide bonds. The van der Waals surface area contributed by atoms with E-state index in [-0.39, 0.29) is 36.6 Å². The van der Waals surface area contributed by atoms with Crippen LogP contribution in [0.5, 0.6) is 17.4 Å². The van der Waals surface area contributed by atoms with Crippen molar-refractivity contribution in [2.24, 2.45) is 5.14 Å². The molecule has 192 valence electrons. The molecule has 36 heavy (non-hydrogen) atoms. The van der Waals surface area contributed by atoms with Gasteiger partial charge in [-0.15, -0.1) is 0 Å². The highest BCUT2D eigenvalue weighted by Crippen LogP contribution is 2.30. The Morgan fingerprint density at radius 2 is 1.67 bits per heavy atom. The third-order valence-electron chi connectivity index (χ3n) is 5.40. The van der Waals surface area contributed by atoms with Gasteiger partial charge < -0.3 is 9.47 Å². The number of nitrogens with zero attached hydrogens (tertiary/aromatic N) is 3. The van der Waals surface area contributed by atoms with Crippen molar-refractivity contribution in [3.8, 4) is 28.5 Å². The molecule has 0 unspecified atom stereocenters. The third kappa shape index (κ3) is 6.32. The number of piperidine rings is 1. The van der Waals surface area contributed by atoms with Crippen LogP contribution in [0.1, 0.15) is 12.8 Å². The summed E-state index contributed by atoms with van der Waals surface area (Å²) in [6, 6.07) is 7.38. The summed E-state index contributed by atoms with van der Waals surface area (Å²) in [6.07, 6.45) is 4.31. The first-order valence-electron chi connectivity index (χ1n) is 10.6. The second-order valence-corrected chi connectivity index (χ2v) is 11.6. The zero-order chi connectivity index (χ0) is 26.1. The topological polar surface area (TPSA) is 142 Å². The zero-order valence-corrected chi connectivity index (χ0v) is 20.6. The summed E-state index contributed by atoms with van der Waals surface area (Å²) < 4.78 is 87.2. The molecule has 0 spiro atoms. The van der Waals surface area contributed by atoms with Crippen molar-refractivity contribution in [3.63, 3.8) is 0 Å². The second-order valence-electron chi connectivity index (χ2n) is 8.14. The summed E-state index contributed by atoms with van der Waals surface area (Å²) in [4.78, 5) is 7.95. The summed E-state index contributed by atoms with van der Waals surface area (Å²) >= 11 is 0. The molecule has 2 aromatic heterocycles. The standard InChI is InChI=1S/C22H22F2N4O6S2/c1-35(29,30)28-6-4-16(5-7-28)33-17-10-21(27-22(11-17)36(25,31)32)34-18-8-15(12-26-13-18)14-2-3-19(23)20(24)9-14/h2-3,8-13,16H,4-7H2,1H3,(H2,25,31,32). The van der Waals surface area contributed by atoms with Crippen LogP contribution in [-0.4, -0.2) is 56.6 Å². The Kier molecular flexibility index (Phi) is 7.22. The van der Waals surface area contributed by atoms with E-state index >= 15 is 0 Å². The van der Waals surface area contributed by atoms with E-state index in [1.54, 1.807) is 0 Å². The maximum absolute atomic E-state index is 13.6. The van der Waals surface area contributed by atoms with Gasteiger partial charge in [0.15, 0.2) is 16.7 Å². The number of aromatic nitrogens is 2. The van der Waals surface area contributed by atoms with E-state index in [4.69, 9.17) is 14.6 Å². The van der Waals surface area contributed by atoms with Crippen molar-refractivity contribution in [2.75, 3.05) is 19.3 Å². The van der Waals surface area contributed by atoms with Gasteiger partial charge in [0, 0.05) is 37.0 Å². The second kappa shape index (κ2) is 10.0. The first kappa shape index (κ1) is 25.9. The van der Waals surface area contributed by atoms with Gasteiger partial charge in [-0.2, -0.15) is 4.98 Å². The molecule has 1 aromatic carbocycles. The molecule has 1 fully saturated rings. The van der Waals surface area contributed by atoms with Crippen LogP contribution < -0.4 is 14.6 Å². The molecule has 1 saturated heterocycles. The predicted molar refractivity (Wildman–Crippen MR) is 125 cm³/mol. The van der Waals surface area contributed by atoms with Crippen molar-refractivity contribution in [2.45, 2.75) is 24.0 Å². The highest BCUT2D eigenvalue weighted by Gasteiger charge is 2.26. The minimum atomic E-state index is -4.22. The molecule has 4 rings (SSSR count). The first-order chi connectivity index (χ1) is 16.9. The van der Waals surface area contributed by atoms with Crippen LogP contribution >= 0.6 is 0 Å². The molecular formula is C22H22F2N4O6S2. The zero-order valence-electron chi connectivity index (χ0n) is 19.0. The van der Waals surface area contributed by atoms with Crippen molar-refractivity contribution < 1.29 is 35.1 Å². The number of hydrogen-bond donors (Lipinski definition) is 1. The lowest BCUT2D eigenvalue weighted by molar-refractivity contribution is 0.134. The number of primary sulfonamides is 1. The molecule has 0 bridgehead atoms. The van der Waals surface area contributed by atoms with Gasteiger partial charge in [-0.05, 0) is 36.6 Å². The number of nitrogens with two attached hydrogens (primary N) is 1. The largest absolute Gasteiger partial charge is 0.490 e. The Labute approximate surface area is 206 Å². The summed E-state index contributed by atoms with van der Waals surface area (Å²) in [6.45, 7) is 0.533. The van der Waals surface area contributed by atoms with Crippen LogP contribution in [0.25, 0.3) is 11.1 Å². The minimum absolute atomic E-state index is 0.117. The molecule has 1 aliphatic heterocycles. The van der Waals surface area contributed by atoms with Gasteiger partial charge in [0.05, 0.1) is 12.5 Å². The van der Waals surface area contributed by atoms with E-state index in [1.165, 1.54) is 34.9 Å². The van der Waals surface area contributed by atoms with Crippen LogP contribution in [0.3, 0.4) is 0 Å². The molecule has 3 heterocycles. The Balaban J connectivity index is 1.57. The molecule has 3 aromatic rings. The highest BCUT2D eigenvalue weighted by molar-refractivity contribution is 7.89. The molecule has 0 atom stereocenters. The number of halogens is 2. The normalized spacial score (nSPS) is 15.6. The van der Waals surface area contributed by atoms with Crippen molar-refractivity contribution >= 4 is 20.0 Å². The van der Waals surface area contributed by atoms with Crippen LogP contribution in [0.15, 0.2) is 53.8 Å². The van der Waals surface area contributed by atoms with Crippen LogP contribution in [0, 0.1) is 11.6 Å². The SMILES string of the molecule is CS(=O)(=O)N1CCC(Oc2cc(Oc3cncc(-c4ccc(F)c(F)c4)c3)nc(S(N)(=O)=O)c2)CC1. The number of pyridine rings is 2. The Morgan fingerprint density at radius 3 is 2.31 bits per heavy atom. The lowest BCUT2D eigenvalue weighted by Crippen LogP contribution is -2.41. The fraction of sp³-hybridized carbons (Fsp3) is 0.273. The van der Waals surface area contributed by atoms with Gasteiger partial charge in [-0.1, -0.05) is 6.07 Å². The molecule has 0 aliphatic carbocycles. The number of rotatable bonds is 7. The van der Waals surface area contributed by atoms with Crippen LogP contribution in [0.2, 0.25) is 0 Å². The van der Waals surface area contributed by atoms with Gasteiger partial charge in [-0.3, -0.25) is 4.98 Å². The average molecular weight is 541 g/mol. The summed E-state index contributed by atoms with van der Waals surface area (Å²) in [5.74, 6) is -1.91. The van der Waals surface area contributed by atoms with Gasteiger partial charge in [0.2, 0.25) is 15.9 Å². The maximum Gasteiger partial charge on any atom is 0.255 e. The fourth-order valence-corrected chi connectivity index (χ4v) is 5.00. The predicted octanol–water partition coefficient (Wildman–Crippen LogP) is 2.66.